The molecular weight excluding hydrogens is 258 g/mol. The van der Waals surface area contributed by atoms with Crippen LogP contribution in [0.4, 0.5) is 0 Å². The molecule has 0 aliphatic heterocycles. The first kappa shape index (κ1) is 15.8. The molecule has 1 aromatic heterocycles. The zero-order chi connectivity index (χ0) is 15.2. The van der Waals surface area contributed by atoms with Gasteiger partial charge in [-0.05, 0) is 56.5 Å². The molecule has 21 heavy (non-hydrogen) atoms. The van der Waals surface area contributed by atoms with Gasteiger partial charge in [-0.1, -0.05) is 32.9 Å². The smallest absolute Gasteiger partial charge is 0.0652 e. The van der Waals surface area contributed by atoms with Crippen molar-refractivity contribution in [1.82, 2.24) is 15.1 Å². The van der Waals surface area contributed by atoms with Gasteiger partial charge in [0, 0.05) is 11.7 Å². The molecule has 0 bridgehead atoms. The highest BCUT2D eigenvalue weighted by Crippen LogP contribution is 2.19. The van der Waals surface area contributed by atoms with E-state index in [-0.39, 0.29) is 0 Å². The van der Waals surface area contributed by atoms with E-state index in [2.05, 4.69) is 68.0 Å². The van der Waals surface area contributed by atoms with Gasteiger partial charge in [-0.3, -0.25) is 0 Å². The van der Waals surface area contributed by atoms with Crippen molar-refractivity contribution in [3.8, 4) is 5.69 Å². The van der Waals surface area contributed by atoms with E-state index in [1.165, 1.54) is 11.3 Å². The number of benzene rings is 1. The van der Waals surface area contributed by atoms with Crippen LogP contribution in [0, 0.1) is 0 Å². The number of rotatable bonds is 7. The summed E-state index contributed by atoms with van der Waals surface area (Å²) < 4.78 is 2.09. The van der Waals surface area contributed by atoms with Crippen molar-refractivity contribution >= 4 is 0 Å². The average Bonchev–Trinajstić information content (AvgIpc) is 2.96. The first-order chi connectivity index (χ1) is 10.2. The van der Waals surface area contributed by atoms with Gasteiger partial charge in [-0.15, -0.1) is 0 Å². The molecule has 2 aromatic rings. The maximum Gasteiger partial charge on any atom is 0.0652 e. The van der Waals surface area contributed by atoms with Gasteiger partial charge in [-0.25, -0.2) is 4.68 Å². The van der Waals surface area contributed by atoms with E-state index < -0.39 is 0 Å². The fourth-order valence-corrected chi connectivity index (χ4v) is 2.53. The number of aryl methyl sites for hydroxylation is 2. The minimum Gasteiger partial charge on any atom is -0.310 e. The lowest BCUT2D eigenvalue weighted by Gasteiger charge is -2.15. The van der Waals surface area contributed by atoms with Gasteiger partial charge in [-0.2, -0.15) is 5.10 Å². The highest BCUT2D eigenvalue weighted by atomic mass is 15.3. The Morgan fingerprint density at radius 1 is 1.14 bits per heavy atom. The Kier molecular flexibility index (Phi) is 5.57. The van der Waals surface area contributed by atoms with Crippen LogP contribution in [0.2, 0.25) is 0 Å². The predicted molar refractivity (Wildman–Crippen MR) is 89.0 cm³/mol. The molecule has 1 atom stereocenters. The van der Waals surface area contributed by atoms with Crippen LogP contribution < -0.4 is 5.32 Å². The lowest BCUT2D eigenvalue weighted by molar-refractivity contribution is 0.570. The van der Waals surface area contributed by atoms with Crippen LogP contribution in [0.25, 0.3) is 5.69 Å². The van der Waals surface area contributed by atoms with Crippen molar-refractivity contribution in [1.29, 1.82) is 0 Å². The van der Waals surface area contributed by atoms with Crippen molar-refractivity contribution in [2.75, 3.05) is 6.54 Å². The monoisotopic (exact) mass is 285 g/mol. The van der Waals surface area contributed by atoms with Crippen LogP contribution >= 0.6 is 0 Å². The van der Waals surface area contributed by atoms with E-state index in [1.807, 2.05) is 0 Å². The Balaban J connectivity index is 2.30. The van der Waals surface area contributed by atoms with E-state index in [4.69, 9.17) is 5.10 Å². The second-order valence-electron chi connectivity index (χ2n) is 5.52. The summed E-state index contributed by atoms with van der Waals surface area (Å²) in [5.74, 6) is 0. The molecular formula is C18H27N3. The average molecular weight is 285 g/mol. The highest BCUT2D eigenvalue weighted by molar-refractivity contribution is 5.38. The molecule has 0 radical (unpaired) electrons. The Hall–Kier alpha value is -1.61. The van der Waals surface area contributed by atoms with Crippen LogP contribution in [0.15, 0.2) is 30.3 Å². The number of aromatic nitrogens is 2. The Morgan fingerprint density at radius 2 is 1.95 bits per heavy atom. The third kappa shape index (κ3) is 3.73. The summed E-state index contributed by atoms with van der Waals surface area (Å²) >= 11 is 0. The number of nitrogens with one attached hydrogen (secondary N) is 1. The first-order valence-corrected chi connectivity index (χ1v) is 8.11. The molecule has 3 heteroatoms. The molecule has 0 aliphatic rings. The summed E-state index contributed by atoms with van der Waals surface area (Å²) in [6.07, 6.45) is 3.14. The number of hydrogen-bond acceptors (Lipinski definition) is 2. The molecule has 0 aliphatic carbocycles. The van der Waals surface area contributed by atoms with Crippen molar-refractivity contribution in [2.45, 2.75) is 53.0 Å². The second kappa shape index (κ2) is 7.41. The Labute approximate surface area is 128 Å². The molecule has 0 saturated carbocycles. The summed E-state index contributed by atoms with van der Waals surface area (Å²) in [6, 6.07) is 11.3. The molecule has 1 aromatic carbocycles. The van der Waals surface area contributed by atoms with Gasteiger partial charge in [0.15, 0.2) is 0 Å². The molecule has 2 rings (SSSR count). The van der Waals surface area contributed by atoms with Gasteiger partial charge < -0.3 is 5.32 Å². The largest absolute Gasteiger partial charge is 0.310 e. The van der Waals surface area contributed by atoms with Crippen LogP contribution in [0.1, 0.15) is 57.1 Å². The molecule has 114 valence electrons. The van der Waals surface area contributed by atoms with E-state index >= 15 is 0 Å². The zero-order valence-corrected chi connectivity index (χ0v) is 13.7. The quantitative estimate of drug-likeness (QED) is 0.831. The maximum atomic E-state index is 4.73. The Bertz CT molecular complexity index is 572. The van der Waals surface area contributed by atoms with Crippen molar-refractivity contribution < 1.29 is 0 Å². The van der Waals surface area contributed by atoms with E-state index in [0.717, 1.165) is 37.2 Å². The third-order valence-corrected chi connectivity index (χ3v) is 3.87. The first-order valence-electron chi connectivity index (χ1n) is 8.11. The Morgan fingerprint density at radius 3 is 2.62 bits per heavy atom. The maximum absolute atomic E-state index is 4.73. The SMILES string of the molecule is CCCNC(C)c1cccc(-n2nc(CC)cc2CC)c1. The van der Waals surface area contributed by atoms with Gasteiger partial charge in [0.2, 0.25) is 0 Å². The number of hydrogen-bond donors (Lipinski definition) is 1. The lowest BCUT2D eigenvalue weighted by atomic mass is 10.1. The normalized spacial score (nSPS) is 12.6. The topological polar surface area (TPSA) is 29.9 Å². The van der Waals surface area contributed by atoms with Crippen molar-refractivity contribution in [2.24, 2.45) is 0 Å². The van der Waals surface area contributed by atoms with Gasteiger partial charge in [0.1, 0.15) is 0 Å². The second-order valence-corrected chi connectivity index (χ2v) is 5.52. The molecule has 3 nitrogen and oxygen atoms in total. The molecule has 0 saturated heterocycles. The summed E-state index contributed by atoms with van der Waals surface area (Å²) in [6.45, 7) is 9.80. The molecule has 0 amide bonds. The van der Waals surface area contributed by atoms with Gasteiger partial charge >= 0.3 is 0 Å². The number of nitrogens with zero attached hydrogens (tertiary/aromatic N) is 2. The van der Waals surface area contributed by atoms with E-state index in [0.29, 0.717) is 6.04 Å². The van der Waals surface area contributed by atoms with Crippen LogP contribution in [0.3, 0.4) is 0 Å². The molecule has 1 N–H and O–H groups in total. The van der Waals surface area contributed by atoms with E-state index in [1.54, 1.807) is 0 Å². The van der Waals surface area contributed by atoms with Crippen LogP contribution in [-0.2, 0) is 12.8 Å². The predicted octanol–water partition coefficient (Wildman–Crippen LogP) is 4.06. The minimum absolute atomic E-state index is 0.371. The lowest BCUT2D eigenvalue weighted by Crippen LogP contribution is -2.19. The minimum atomic E-state index is 0.371. The molecule has 1 unspecified atom stereocenters. The fourth-order valence-electron chi connectivity index (χ4n) is 2.53. The standard InChI is InChI=1S/C18H27N3/c1-5-11-19-14(4)15-9-8-10-18(12-15)21-17(7-3)13-16(6-2)20-21/h8-10,12-14,19H,5-7,11H2,1-4H3. The van der Waals surface area contributed by atoms with Crippen LogP contribution in [0.5, 0.6) is 0 Å². The summed E-state index contributed by atoms with van der Waals surface area (Å²) in [4.78, 5) is 0. The van der Waals surface area contributed by atoms with Gasteiger partial charge in [0.25, 0.3) is 0 Å². The zero-order valence-electron chi connectivity index (χ0n) is 13.7. The fraction of sp³-hybridized carbons (Fsp3) is 0.500. The molecule has 0 spiro atoms. The third-order valence-electron chi connectivity index (χ3n) is 3.87. The summed E-state index contributed by atoms with van der Waals surface area (Å²) in [7, 11) is 0. The van der Waals surface area contributed by atoms with Crippen molar-refractivity contribution in [3.63, 3.8) is 0 Å². The van der Waals surface area contributed by atoms with Gasteiger partial charge in [0.05, 0.1) is 11.4 Å². The summed E-state index contributed by atoms with van der Waals surface area (Å²) in [5.41, 5.74) is 4.92. The van der Waals surface area contributed by atoms with Crippen LogP contribution in [-0.4, -0.2) is 16.3 Å². The summed E-state index contributed by atoms with van der Waals surface area (Å²) in [5, 5.41) is 8.27. The van der Waals surface area contributed by atoms with E-state index in [9.17, 15) is 0 Å². The molecule has 0 fully saturated rings. The molecule has 1 heterocycles. The highest BCUT2D eigenvalue weighted by Gasteiger charge is 2.10. The van der Waals surface area contributed by atoms with Crippen molar-refractivity contribution in [3.05, 3.63) is 47.3 Å².